The maximum absolute atomic E-state index is 13.3. The number of thiocarbonyl (C=S) groups is 1. The molecule has 1 heterocycles. The van der Waals surface area contributed by atoms with Crippen LogP contribution in [0.2, 0.25) is 0 Å². The van der Waals surface area contributed by atoms with E-state index in [4.69, 9.17) is 17.0 Å². The maximum Gasteiger partial charge on any atom is 0.270 e. The van der Waals surface area contributed by atoms with Crippen LogP contribution in [0.4, 0.5) is 5.69 Å². The summed E-state index contributed by atoms with van der Waals surface area (Å²) in [5.41, 5.74) is 2.18. The lowest BCUT2D eigenvalue weighted by molar-refractivity contribution is -0.122. The second-order valence-electron chi connectivity index (χ2n) is 6.65. The average Bonchev–Trinajstić information content (AvgIpc) is 2.72. The molecule has 0 aliphatic carbocycles. The fourth-order valence-corrected chi connectivity index (χ4v) is 3.71. The van der Waals surface area contributed by atoms with Crippen LogP contribution in [-0.2, 0) is 9.59 Å². The summed E-state index contributed by atoms with van der Waals surface area (Å²) < 4.78 is 5.49. The van der Waals surface area contributed by atoms with E-state index in [1.54, 1.807) is 19.3 Å². The number of nitrogens with zero attached hydrogens (tertiary/aromatic N) is 1. The van der Waals surface area contributed by atoms with Crippen molar-refractivity contribution in [3.8, 4) is 5.75 Å². The van der Waals surface area contributed by atoms with Gasteiger partial charge >= 0.3 is 0 Å². The summed E-state index contributed by atoms with van der Waals surface area (Å²) in [6.45, 7) is 1.89. The van der Waals surface area contributed by atoms with Crippen LogP contribution in [0, 0.1) is 6.92 Å². The van der Waals surface area contributed by atoms with Crippen molar-refractivity contribution in [1.82, 2.24) is 5.32 Å². The van der Waals surface area contributed by atoms with Gasteiger partial charge in [-0.25, -0.2) is 0 Å². The number of methoxy groups -OCH3 is 1. The lowest BCUT2D eigenvalue weighted by Crippen LogP contribution is -2.54. The molecule has 3 aromatic rings. The van der Waals surface area contributed by atoms with Gasteiger partial charge in [-0.3, -0.25) is 19.8 Å². The predicted molar refractivity (Wildman–Crippen MR) is 118 cm³/mol. The van der Waals surface area contributed by atoms with E-state index in [1.165, 1.54) is 4.90 Å². The van der Waals surface area contributed by atoms with Crippen molar-refractivity contribution < 1.29 is 14.3 Å². The van der Waals surface area contributed by atoms with Gasteiger partial charge in [0.05, 0.1) is 12.8 Å². The lowest BCUT2D eigenvalue weighted by atomic mass is 9.99. The highest BCUT2D eigenvalue weighted by Gasteiger charge is 2.35. The van der Waals surface area contributed by atoms with E-state index in [0.29, 0.717) is 17.0 Å². The van der Waals surface area contributed by atoms with Gasteiger partial charge in [0.2, 0.25) is 0 Å². The molecule has 0 bridgehead atoms. The zero-order valence-electron chi connectivity index (χ0n) is 15.9. The summed E-state index contributed by atoms with van der Waals surface area (Å²) in [5.74, 6) is -0.421. The Morgan fingerprint density at radius 2 is 1.72 bits per heavy atom. The van der Waals surface area contributed by atoms with Gasteiger partial charge in [0.25, 0.3) is 11.8 Å². The molecule has 0 atom stereocenters. The van der Waals surface area contributed by atoms with Crippen molar-refractivity contribution in [3.05, 3.63) is 77.4 Å². The highest BCUT2D eigenvalue weighted by molar-refractivity contribution is 7.80. The van der Waals surface area contributed by atoms with Crippen LogP contribution in [-0.4, -0.2) is 24.0 Å². The van der Waals surface area contributed by atoms with E-state index >= 15 is 0 Å². The van der Waals surface area contributed by atoms with Gasteiger partial charge in [-0.2, -0.15) is 0 Å². The van der Waals surface area contributed by atoms with Crippen molar-refractivity contribution in [2.45, 2.75) is 6.92 Å². The molecule has 29 heavy (non-hydrogen) atoms. The number of ether oxygens (including phenoxy) is 1. The Morgan fingerprint density at radius 3 is 2.48 bits per heavy atom. The molecule has 6 heteroatoms. The summed E-state index contributed by atoms with van der Waals surface area (Å²) in [7, 11) is 1.56. The molecule has 0 spiro atoms. The molecule has 1 fully saturated rings. The van der Waals surface area contributed by atoms with Crippen LogP contribution in [0.15, 0.2) is 66.2 Å². The third kappa shape index (κ3) is 3.28. The van der Waals surface area contributed by atoms with E-state index < -0.39 is 11.8 Å². The monoisotopic (exact) mass is 402 g/mol. The first-order chi connectivity index (χ1) is 14.0. The third-order valence-corrected chi connectivity index (χ3v) is 5.18. The van der Waals surface area contributed by atoms with Crippen molar-refractivity contribution in [2.24, 2.45) is 0 Å². The number of benzene rings is 3. The number of aryl methyl sites for hydroxylation is 1. The number of rotatable bonds is 3. The smallest absolute Gasteiger partial charge is 0.270 e. The van der Waals surface area contributed by atoms with Crippen LogP contribution >= 0.6 is 12.2 Å². The molecule has 1 aliphatic rings. The third-order valence-electron chi connectivity index (χ3n) is 4.90. The standard InChI is InChI=1S/C23H18N2O3S/c1-14-7-3-6-10-19(14)25-22(27)18(21(26)24-23(25)29)13-17-16-9-5-4-8-15(16)11-12-20(17)28-2/h3-13H,1-2H3,(H,24,26,29)/b18-13+. The van der Waals surface area contributed by atoms with Crippen LogP contribution in [0.3, 0.4) is 0 Å². The summed E-state index contributed by atoms with van der Waals surface area (Å²) >= 11 is 5.29. The van der Waals surface area contributed by atoms with Gasteiger partial charge in [0.1, 0.15) is 11.3 Å². The number of amides is 2. The van der Waals surface area contributed by atoms with Gasteiger partial charge in [-0.1, -0.05) is 48.5 Å². The summed E-state index contributed by atoms with van der Waals surface area (Å²) in [6, 6.07) is 18.9. The quantitative estimate of drug-likeness (QED) is 0.409. The van der Waals surface area contributed by atoms with Gasteiger partial charge in [-0.05, 0) is 53.7 Å². The fourth-order valence-electron chi connectivity index (χ4n) is 3.44. The Labute approximate surface area is 173 Å². The highest BCUT2D eigenvalue weighted by atomic mass is 32.1. The molecule has 0 aromatic heterocycles. The normalized spacial score (nSPS) is 15.7. The number of carbonyl (C=O) groups excluding carboxylic acids is 2. The van der Waals surface area contributed by atoms with Crippen molar-refractivity contribution in [2.75, 3.05) is 12.0 Å². The minimum atomic E-state index is -0.528. The maximum atomic E-state index is 13.3. The first-order valence-electron chi connectivity index (χ1n) is 9.04. The molecule has 2 amide bonds. The molecular formula is C23H18N2O3S. The number of hydrogen-bond acceptors (Lipinski definition) is 4. The predicted octanol–water partition coefficient (Wildman–Crippen LogP) is 3.99. The van der Waals surface area contributed by atoms with E-state index in [1.807, 2.05) is 61.5 Å². The summed E-state index contributed by atoms with van der Waals surface area (Å²) in [5, 5.41) is 4.56. The van der Waals surface area contributed by atoms with E-state index in [2.05, 4.69) is 5.32 Å². The van der Waals surface area contributed by atoms with Gasteiger partial charge in [0.15, 0.2) is 5.11 Å². The van der Waals surface area contributed by atoms with E-state index in [0.717, 1.165) is 16.3 Å². The van der Waals surface area contributed by atoms with Crippen molar-refractivity contribution in [3.63, 3.8) is 0 Å². The highest BCUT2D eigenvalue weighted by Crippen LogP contribution is 2.32. The first-order valence-corrected chi connectivity index (χ1v) is 9.45. The Hall–Kier alpha value is -3.51. The Bertz CT molecular complexity index is 1200. The topological polar surface area (TPSA) is 58.6 Å². The molecule has 4 rings (SSSR count). The second kappa shape index (κ2) is 7.48. The van der Waals surface area contributed by atoms with E-state index in [9.17, 15) is 9.59 Å². The summed E-state index contributed by atoms with van der Waals surface area (Å²) in [6.07, 6.45) is 1.58. The van der Waals surface area contributed by atoms with Gasteiger partial charge in [0, 0.05) is 5.56 Å². The number of hydrogen-bond donors (Lipinski definition) is 1. The van der Waals surface area contributed by atoms with Crippen LogP contribution in [0.1, 0.15) is 11.1 Å². The number of carbonyl (C=O) groups is 2. The average molecular weight is 402 g/mol. The molecule has 3 aromatic carbocycles. The van der Waals surface area contributed by atoms with Crippen LogP contribution in [0.25, 0.3) is 16.8 Å². The Balaban J connectivity index is 1.89. The number of nitrogens with one attached hydrogen (secondary N) is 1. The summed E-state index contributed by atoms with van der Waals surface area (Å²) in [4.78, 5) is 27.3. The first kappa shape index (κ1) is 18.8. The van der Waals surface area contributed by atoms with Gasteiger partial charge < -0.3 is 4.74 Å². The molecule has 5 nitrogen and oxygen atoms in total. The molecule has 0 unspecified atom stereocenters. The Kier molecular flexibility index (Phi) is 4.86. The minimum Gasteiger partial charge on any atom is -0.496 e. The van der Waals surface area contributed by atoms with E-state index in [-0.39, 0.29) is 10.7 Å². The molecule has 1 aliphatic heterocycles. The molecular weight excluding hydrogens is 384 g/mol. The number of anilines is 1. The Morgan fingerprint density at radius 1 is 1.00 bits per heavy atom. The molecule has 1 N–H and O–H groups in total. The zero-order chi connectivity index (χ0) is 20.5. The molecule has 0 radical (unpaired) electrons. The van der Waals surface area contributed by atoms with Crippen molar-refractivity contribution >= 4 is 51.7 Å². The number of fused-ring (bicyclic) bond motifs is 1. The van der Waals surface area contributed by atoms with Crippen LogP contribution < -0.4 is 15.0 Å². The van der Waals surface area contributed by atoms with Gasteiger partial charge in [-0.15, -0.1) is 0 Å². The molecule has 1 saturated heterocycles. The SMILES string of the molecule is COc1ccc2ccccc2c1/C=C1\C(=O)NC(=S)N(c2ccccc2C)C1=O. The second-order valence-corrected chi connectivity index (χ2v) is 7.03. The largest absolute Gasteiger partial charge is 0.496 e. The molecule has 0 saturated carbocycles. The molecule has 144 valence electrons. The van der Waals surface area contributed by atoms with Crippen molar-refractivity contribution in [1.29, 1.82) is 0 Å². The number of para-hydroxylation sites is 1. The minimum absolute atomic E-state index is 0.00324. The van der Waals surface area contributed by atoms with Crippen LogP contribution in [0.5, 0.6) is 5.75 Å². The zero-order valence-corrected chi connectivity index (χ0v) is 16.7. The lowest BCUT2D eigenvalue weighted by Gasteiger charge is -2.30. The fraction of sp³-hybridized carbons (Fsp3) is 0.0870.